The third-order valence-electron chi connectivity index (χ3n) is 2.68. The fourth-order valence-electron chi connectivity index (χ4n) is 1.98. The lowest BCUT2D eigenvalue weighted by Gasteiger charge is -2.11. The molecule has 0 aromatic heterocycles. The average Bonchev–Trinajstić information content (AvgIpc) is 2.25. The number of phenols is 1. The normalized spacial score (nSPS) is 10.5. The average molecular weight is 244 g/mol. The molecule has 0 unspecified atom stereocenters. The largest absolute Gasteiger partial charge is 0.507 e. The zero-order valence-electron chi connectivity index (χ0n) is 10.3. The van der Waals surface area contributed by atoms with E-state index in [0.717, 1.165) is 4.90 Å². The lowest BCUT2D eigenvalue weighted by atomic mass is 10.1. The molecule has 2 aromatic rings. The van der Waals surface area contributed by atoms with E-state index in [1.807, 2.05) is 18.2 Å². The summed E-state index contributed by atoms with van der Waals surface area (Å²) in [5, 5.41) is 9.79. The highest BCUT2D eigenvalue weighted by atomic mass is 32.2. The summed E-state index contributed by atoms with van der Waals surface area (Å²) in [6.07, 6.45) is 0. The summed E-state index contributed by atoms with van der Waals surface area (Å²) in [5.74, 6) is 0.344. The number of hydrogen-bond acceptors (Lipinski definition) is 2. The molecule has 2 aromatic carbocycles. The predicted octanol–water partition coefficient (Wildman–Crippen LogP) is 4.47. The van der Waals surface area contributed by atoms with Crippen molar-refractivity contribution in [3.63, 3.8) is 0 Å². The first-order chi connectivity index (χ1) is 8.08. The van der Waals surface area contributed by atoms with Crippen molar-refractivity contribution in [2.24, 2.45) is 0 Å². The van der Waals surface area contributed by atoms with Gasteiger partial charge >= 0.3 is 0 Å². The molecule has 0 heterocycles. The van der Waals surface area contributed by atoms with Crippen molar-refractivity contribution in [3.8, 4) is 5.75 Å². The molecule has 0 aliphatic rings. The Labute approximate surface area is 107 Å². The van der Waals surface area contributed by atoms with Crippen LogP contribution in [0.5, 0.6) is 5.75 Å². The number of para-hydroxylation sites is 1. The Balaban J connectivity index is 2.40. The molecule has 17 heavy (non-hydrogen) atoms. The summed E-state index contributed by atoms with van der Waals surface area (Å²) >= 11 is 1.63. The molecule has 0 radical (unpaired) electrons. The van der Waals surface area contributed by atoms with Crippen LogP contribution in [0.4, 0.5) is 0 Å². The summed E-state index contributed by atoms with van der Waals surface area (Å²) in [6.45, 7) is 6.33. The van der Waals surface area contributed by atoms with Gasteiger partial charge in [-0.3, -0.25) is 0 Å². The Morgan fingerprint density at radius 3 is 2.12 bits per heavy atom. The lowest BCUT2D eigenvalue weighted by molar-refractivity contribution is 0.462. The standard InChI is InChI=1S/C15H16OS/c1-10-8-11(2)15(12(3)9-10)17-14-7-5-4-6-13(14)16/h4-9,16H,1-3H3. The molecule has 0 bridgehead atoms. The first-order valence-corrected chi connectivity index (χ1v) is 6.43. The zero-order chi connectivity index (χ0) is 12.4. The van der Waals surface area contributed by atoms with Crippen LogP contribution < -0.4 is 0 Å². The molecule has 0 fully saturated rings. The molecule has 0 saturated heterocycles. The summed E-state index contributed by atoms with van der Waals surface area (Å²) < 4.78 is 0. The van der Waals surface area contributed by atoms with Crippen LogP contribution in [0.3, 0.4) is 0 Å². The summed E-state index contributed by atoms with van der Waals surface area (Å²) in [4.78, 5) is 2.14. The van der Waals surface area contributed by atoms with Gasteiger partial charge in [-0.25, -0.2) is 0 Å². The molecule has 88 valence electrons. The molecule has 2 heteroatoms. The van der Waals surface area contributed by atoms with Crippen LogP contribution in [0.1, 0.15) is 16.7 Å². The predicted molar refractivity (Wildman–Crippen MR) is 72.9 cm³/mol. The number of aromatic hydroxyl groups is 1. The van der Waals surface area contributed by atoms with E-state index in [9.17, 15) is 5.11 Å². The van der Waals surface area contributed by atoms with E-state index in [4.69, 9.17) is 0 Å². The third kappa shape index (κ3) is 2.64. The van der Waals surface area contributed by atoms with Crippen molar-refractivity contribution in [3.05, 3.63) is 53.1 Å². The smallest absolute Gasteiger partial charge is 0.129 e. The molecular weight excluding hydrogens is 228 g/mol. The van der Waals surface area contributed by atoms with Crippen LogP contribution >= 0.6 is 11.8 Å². The van der Waals surface area contributed by atoms with Crippen LogP contribution in [0, 0.1) is 20.8 Å². The molecule has 0 amide bonds. The lowest BCUT2D eigenvalue weighted by Crippen LogP contribution is -1.87. The molecule has 0 aliphatic heterocycles. The van der Waals surface area contributed by atoms with Crippen molar-refractivity contribution in [2.75, 3.05) is 0 Å². The van der Waals surface area contributed by atoms with E-state index in [-0.39, 0.29) is 0 Å². The van der Waals surface area contributed by atoms with Gasteiger partial charge in [-0.05, 0) is 44.0 Å². The van der Waals surface area contributed by atoms with Gasteiger partial charge in [0.15, 0.2) is 0 Å². The molecular formula is C15H16OS. The SMILES string of the molecule is Cc1cc(C)c(Sc2ccccc2O)c(C)c1. The van der Waals surface area contributed by atoms with E-state index in [1.165, 1.54) is 21.6 Å². The van der Waals surface area contributed by atoms with E-state index in [0.29, 0.717) is 5.75 Å². The zero-order valence-corrected chi connectivity index (χ0v) is 11.1. The van der Waals surface area contributed by atoms with Crippen LogP contribution in [-0.4, -0.2) is 5.11 Å². The first-order valence-electron chi connectivity index (χ1n) is 5.61. The van der Waals surface area contributed by atoms with E-state index in [2.05, 4.69) is 32.9 Å². The topological polar surface area (TPSA) is 20.2 Å². The van der Waals surface area contributed by atoms with Crippen LogP contribution in [0.15, 0.2) is 46.2 Å². The summed E-state index contributed by atoms with van der Waals surface area (Å²) in [7, 11) is 0. The fourth-order valence-corrected chi connectivity index (χ4v) is 2.96. The quantitative estimate of drug-likeness (QED) is 0.841. The maximum Gasteiger partial charge on any atom is 0.129 e. The second kappa shape index (κ2) is 4.84. The Morgan fingerprint density at radius 2 is 1.53 bits per heavy atom. The minimum atomic E-state index is 0.344. The van der Waals surface area contributed by atoms with Gasteiger partial charge in [0, 0.05) is 4.90 Å². The Hall–Kier alpha value is -1.41. The maximum atomic E-state index is 9.79. The fraction of sp³-hybridized carbons (Fsp3) is 0.200. The molecule has 0 saturated carbocycles. The second-order valence-corrected chi connectivity index (χ2v) is 5.35. The highest BCUT2D eigenvalue weighted by Crippen LogP contribution is 2.37. The van der Waals surface area contributed by atoms with Gasteiger partial charge in [-0.1, -0.05) is 41.6 Å². The molecule has 0 atom stereocenters. The number of hydrogen-bond donors (Lipinski definition) is 1. The van der Waals surface area contributed by atoms with E-state index in [1.54, 1.807) is 17.8 Å². The van der Waals surface area contributed by atoms with Gasteiger partial charge in [0.1, 0.15) is 5.75 Å². The Bertz CT molecular complexity index is 523. The highest BCUT2D eigenvalue weighted by molar-refractivity contribution is 7.99. The van der Waals surface area contributed by atoms with Crippen molar-refractivity contribution in [1.82, 2.24) is 0 Å². The van der Waals surface area contributed by atoms with E-state index < -0.39 is 0 Å². The van der Waals surface area contributed by atoms with Gasteiger partial charge in [-0.2, -0.15) is 0 Å². The first kappa shape index (κ1) is 12.1. The Kier molecular flexibility index (Phi) is 3.43. The number of benzene rings is 2. The third-order valence-corrected chi connectivity index (χ3v) is 4.10. The van der Waals surface area contributed by atoms with Gasteiger partial charge in [0.05, 0.1) is 4.90 Å². The minimum absolute atomic E-state index is 0.344. The van der Waals surface area contributed by atoms with Crippen molar-refractivity contribution in [2.45, 2.75) is 30.6 Å². The number of aryl methyl sites for hydroxylation is 3. The molecule has 0 aliphatic carbocycles. The van der Waals surface area contributed by atoms with E-state index >= 15 is 0 Å². The molecule has 1 N–H and O–H groups in total. The molecule has 2 rings (SSSR count). The minimum Gasteiger partial charge on any atom is -0.507 e. The summed E-state index contributed by atoms with van der Waals surface area (Å²) in [5.41, 5.74) is 3.80. The number of rotatable bonds is 2. The highest BCUT2D eigenvalue weighted by Gasteiger charge is 2.08. The van der Waals surface area contributed by atoms with Crippen molar-refractivity contribution >= 4 is 11.8 Å². The molecule has 0 spiro atoms. The van der Waals surface area contributed by atoms with Gasteiger partial charge in [-0.15, -0.1) is 0 Å². The summed E-state index contributed by atoms with van der Waals surface area (Å²) in [6, 6.07) is 11.8. The van der Waals surface area contributed by atoms with Crippen molar-refractivity contribution < 1.29 is 5.11 Å². The van der Waals surface area contributed by atoms with Gasteiger partial charge < -0.3 is 5.11 Å². The van der Waals surface area contributed by atoms with Gasteiger partial charge in [0.2, 0.25) is 0 Å². The number of phenolic OH excluding ortho intramolecular Hbond substituents is 1. The second-order valence-electron chi connectivity index (χ2n) is 4.30. The van der Waals surface area contributed by atoms with Gasteiger partial charge in [0.25, 0.3) is 0 Å². The van der Waals surface area contributed by atoms with Crippen molar-refractivity contribution in [1.29, 1.82) is 0 Å². The van der Waals surface area contributed by atoms with Crippen LogP contribution in [0.25, 0.3) is 0 Å². The monoisotopic (exact) mass is 244 g/mol. The maximum absolute atomic E-state index is 9.79. The molecule has 1 nitrogen and oxygen atoms in total. The van der Waals surface area contributed by atoms with Crippen LogP contribution in [-0.2, 0) is 0 Å². The van der Waals surface area contributed by atoms with Crippen LogP contribution in [0.2, 0.25) is 0 Å². The Morgan fingerprint density at radius 1 is 0.941 bits per heavy atom.